The third-order valence-electron chi connectivity index (χ3n) is 4.38. The van der Waals surface area contributed by atoms with E-state index in [-0.39, 0.29) is 0 Å². The van der Waals surface area contributed by atoms with Crippen molar-refractivity contribution in [3.63, 3.8) is 0 Å². The summed E-state index contributed by atoms with van der Waals surface area (Å²) in [6.45, 7) is 0.665. The highest BCUT2D eigenvalue weighted by Crippen LogP contribution is 2.36. The highest BCUT2D eigenvalue weighted by atomic mass is 35.5. The van der Waals surface area contributed by atoms with Crippen molar-refractivity contribution in [3.8, 4) is 6.07 Å². The smallest absolute Gasteiger partial charge is 0.223 e. The molecule has 0 unspecified atom stereocenters. The van der Waals surface area contributed by atoms with E-state index in [4.69, 9.17) is 11.6 Å². The molecule has 0 atom stereocenters. The zero-order valence-corrected chi connectivity index (χ0v) is 17.4. The minimum Gasteiger partial charge on any atom is -0.354 e. The van der Waals surface area contributed by atoms with Crippen molar-refractivity contribution < 1.29 is 0 Å². The quantitative estimate of drug-likeness (QED) is 0.545. The summed E-state index contributed by atoms with van der Waals surface area (Å²) in [5.41, 5.74) is 3.89. The van der Waals surface area contributed by atoms with Crippen molar-refractivity contribution in [1.82, 2.24) is 20.3 Å². The van der Waals surface area contributed by atoms with Crippen LogP contribution in [0.15, 0.2) is 71.5 Å². The number of halogens is 1. The van der Waals surface area contributed by atoms with E-state index in [0.29, 0.717) is 33.8 Å². The molecule has 2 aromatic heterocycles. The molecule has 8 heteroatoms. The molecule has 2 N–H and O–H groups in total. The number of nitrogens with one attached hydrogen (secondary N) is 2. The monoisotopic (exact) mass is 432 g/mol. The number of benzene rings is 1. The zero-order chi connectivity index (χ0) is 20.8. The van der Waals surface area contributed by atoms with Crippen LogP contribution in [0.3, 0.4) is 0 Å². The van der Waals surface area contributed by atoms with Crippen LogP contribution in [0.2, 0.25) is 5.02 Å². The lowest BCUT2D eigenvalue weighted by molar-refractivity contribution is 0.971. The first kappa shape index (κ1) is 20.0. The van der Waals surface area contributed by atoms with Gasteiger partial charge in [0.05, 0.1) is 16.4 Å². The lowest BCUT2D eigenvalue weighted by atomic mass is 10.1. The van der Waals surface area contributed by atoms with Crippen LogP contribution in [-0.4, -0.2) is 21.5 Å². The molecular weight excluding hydrogens is 416 g/mol. The summed E-state index contributed by atoms with van der Waals surface area (Å²) in [4.78, 5) is 12.9. The van der Waals surface area contributed by atoms with E-state index in [1.165, 1.54) is 11.8 Å². The van der Waals surface area contributed by atoms with Crippen molar-refractivity contribution in [1.29, 1.82) is 5.26 Å². The van der Waals surface area contributed by atoms with E-state index in [0.717, 1.165) is 23.2 Å². The van der Waals surface area contributed by atoms with Crippen molar-refractivity contribution in [3.05, 3.63) is 93.3 Å². The average molecular weight is 433 g/mol. The number of anilines is 1. The van der Waals surface area contributed by atoms with Crippen molar-refractivity contribution in [2.75, 3.05) is 11.9 Å². The molecule has 148 valence electrons. The molecule has 1 aliphatic rings. The van der Waals surface area contributed by atoms with Gasteiger partial charge in [-0.2, -0.15) is 5.26 Å². The van der Waals surface area contributed by atoms with Crippen LogP contribution in [-0.2, 0) is 6.42 Å². The molecular formula is C22H17ClN6S. The van der Waals surface area contributed by atoms with E-state index in [9.17, 15) is 5.26 Å². The molecule has 1 aromatic carbocycles. The summed E-state index contributed by atoms with van der Waals surface area (Å²) >= 11 is 7.73. The van der Waals surface area contributed by atoms with Crippen LogP contribution in [0.25, 0.3) is 11.3 Å². The van der Waals surface area contributed by atoms with Gasteiger partial charge in [0.1, 0.15) is 11.6 Å². The molecule has 30 heavy (non-hydrogen) atoms. The second-order valence-electron chi connectivity index (χ2n) is 6.37. The van der Waals surface area contributed by atoms with Gasteiger partial charge in [-0.15, -0.1) is 0 Å². The zero-order valence-electron chi connectivity index (χ0n) is 15.8. The fourth-order valence-corrected chi connectivity index (χ4v) is 4.00. The fraction of sp³-hybridized carbons (Fsp3) is 0.0909. The van der Waals surface area contributed by atoms with Crippen LogP contribution >= 0.6 is 23.4 Å². The van der Waals surface area contributed by atoms with E-state index in [1.807, 2.05) is 48.0 Å². The summed E-state index contributed by atoms with van der Waals surface area (Å²) < 4.78 is 0. The summed E-state index contributed by atoms with van der Waals surface area (Å²) in [5, 5.41) is 19.6. The fourth-order valence-electron chi connectivity index (χ4n) is 2.90. The molecule has 0 bridgehead atoms. The van der Waals surface area contributed by atoms with E-state index >= 15 is 0 Å². The maximum Gasteiger partial charge on any atom is 0.223 e. The highest BCUT2D eigenvalue weighted by molar-refractivity contribution is 8.06. The van der Waals surface area contributed by atoms with Crippen molar-refractivity contribution >= 4 is 40.6 Å². The molecule has 0 saturated carbocycles. The molecule has 0 spiro atoms. The van der Waals surface area contributed by atoms with Gasteiger partial charge in [0.2, 0.25) is 5.95 Å². The Morgan fingerprint density at radius 2 is 2.07 bits per heavy atom. The molecule has 4 rings (SSSR count). The van der Waals surface area contributed by atoms with E-state index in [2.05, 4.69) is 31.7 Å². The van der Waals surface area contributed by atoms with Crippen LogP contribution in [0.5, 0.6) is 0 Å². The van der Waals surface area contributed by atoms with Crippen LogP contribution in [0.1, 0.15) is 16.8 Å². The highest BCUT2D eigenvalue weighted by Gasteiger charge is 2.19. The van der Waals surface area contributed by atoms with Gasteiger partial charge in [0.25, 0.3) is 0 Å². The number of pyridine rings is 1. The van der Waals surface area contributed by atoms with Gasteiger partial charge in [0.15, 0.2) is 0 Å². The number of thioether (sulfide) groups is 1. The predicted octanol–water partition coefficient (Wildman–Crippen LogP) is 4.71. The van der Waals surface area contributed by atoms with Gasteiger partial charge in [-0.25, -0.2) is 9.97 Å². The second-order valence-corrected chi connectivity index (χ2v) is 7.66. The Morgan fingerprint density at radius 1 is 1.17 bits per heavy atom. The maximum atomic E-state index is 9.77. The third kappa shape index (κ3) is 4.62. The maximum absolute atomic E-state index is 9.77. The van der Waals surface area contributed by atoms with E-state index in [1.54, 1.807) is 18.5 Å². The Labute approximate surface area is 183 Å². The summed E-state index contributed by atoms with van der Waals surface area (Å²) in [5.74, 6) is 0.479. The van der Waals surface area contributed by atoms with Crippen LogP contribution in [0.4, 0.5) is 5.95 Å². The number of nitrogens with zero attached hydrogens (tertiary/aromatic N) is 4. The Morgan fingerprint density at radius 3 is 2.87 bits per heavy atom. The van der Waals surface area contributed by atoms with Crippen molar-refractivity contribution in [2.24, 2.45) is 0 Å². The normalized spacial score (nSPS) is 14.5. The van der Waals surface area contributed by atoms with Crippen molar-refractivity contribution in [2.45, 2.75) is 6.42 Å². The standard InChI is InChI=1S/C22H17ClN6S/c23-18-6-2-1-5-16(18)20-14-30-21(28-20)17(12-24)19-8-11-27-22(29-19)26-10-7-15-4-3-9-25-13-15/h1-6,8-9,11,13-14,28H,7,10H2,(H,26,27,29). The Bertz CT molecular complexity index is 1150. The number of hydrogen-bond acceptors (Lipinski definition) is 7. The first-order valence-electron chi connectivity index (χ1n) is 9.24. The van der Waals surface area contributed by atoms with Crippen LogP contribution in [0, 0.1) is 11.3 Å². The average Bonchev–Trinajstić information content (AvgIpc) is 3.25. The molecule has 0 aliphatic carbocycles. The first-order chi connectivity index (χ1) is 14.7. The molecule has 3 aromatic rings. The van der Waals surface area contributed by atoms with E-state index < -0.39 is 0 Å². The lowest BCUT2D eigenvalue weighted by Crippen LogP contribution is -2.10. The molecule has 6 nitrogen and oxygen atoms in total. The molecule has 0 saturated heterocycles. The molecule has 0 amide bonds. The number of hydrogen-bond donors (Lipinski definition) is 2. The lowest BCUT2D eigenvalue weighted by Gasteiger charge is -2.09. The van der Waals surface area contributed by atoms with Gasteiger partial charge in [-0.3, -0.25) is 4.98 Å². The number of allylic oxidation sites excluding steroid dienone is 1. The molecule has 0 radical (unpaired) electrons. The molecule has 3 heterocycles. The van der Waals surface area contributed by atoms with Gasteiger partial charge >= 0.3 is 0 Å². The Kier molecular flexibility index (Phi) is 6.28. The number of nitriles is 1. The summed E-state index contributed by atoms with van der Waals surface area (Å²) in [6, 6.07) is 15.5. The van der Waals surface area contributed by atoms with Gasteiger partial charge in [-0.05, 0) is 30.2 Å². The predicted molar refractivity (Wildman–Crippen MR) is 121 cm³/mol. The topological polar surface area (TPSA) is 86.5 Å². The number of aromatic nitrogens is 3. The third-order valence-corrected chi connectivity index (χ3v) is 5.60. The summed E-state index contributed by atoms with van der Waals surface area (Å²) in [7, 11) is 0. The summed E-state index contributed by atoms with van der Waals surface area (Å²) in [6.07, 6.45) is 6.04. The number of rotatable bonds is 6. The minimum absolute atomic E-state index is 0.455. The minimum atomic E-state index is 0.455. The second kappa shape index (κ2) is 9.44. The molecule has 0 fully saturated rings. The Balaban J connectivity index is 1.48. The van der Waals surface area contributed by atoms with Gasteiger partial charge < -0.3 is 10.6 Å². The largest absolute Gasteiger partial charge is 0.354 e. The first-order valence-corrected chi connectivity index (χ1v) is 10.5. The van der Waals surface area contributed by atoms with Crippen LogP contribution < -0.4 is 10.6 Å². The SMILES string of the molecule is N#CC(=C1NC(c2ccccc2Cl)=CS1)c1ccnc(NCCc2cccnc2)n1. The Hall–Kier alpha value is -3.34. The van der Waals surface area contributed by atoms with Gasteiger partial charge in [0, 0.05) is 41.1 Å². The van der Waals surface area contributed by atoms with Gasteiger partial charge in [-0.1, -0.05) is 47.6 Å². The molecule has 1 aliphatic heterocycles.